The highest BCUT2D eigenvalue weighted by Crippen LogP contribution is 2.36. The van der Waals surface area contributed by atoms with E-state index < -0.39 is 0 Å². The highest BCUT2D eigenvalue weighted by Gasteiger charge is 2.29. The van der Waals surface area contributed by atoms with Gasteiger partial charge in [0.1, 0.15) is 5.82 Å². The Morgan fingerprint density at radius 2 is 1.78 bits per heavy atom. The van der Waals surface area contributed by atoms with E-state index in [1.54, 1.807) is 0 Å². The number of benzene rings is 2. The van der Waals surface area contributed by atoms with Crippen LogP contribution in [0.15, 0.2) is 48.5 Å². The molecule has 2 unspecified atom stereocenters. The molecular formula is C16H16FN. The van der Waals surface area contributed by atoms with Crippen molar-refractivity contribution in [1.82, 2.24) is 0 Å². The van der Waals surface area contributed by atoms with E-state index in [0.29, 0.717) is 5.92 Å². The molecule has 2 atom stereocenters. The van der Waals surface area contributed by atoms with Gasteiger partial charge < -0.3 is 5.73 Å². The minimum atomic E-state index is -0.183. The molecule has 18 heavy (non-hydrogen) atoms. The third-order valence-corrected chi connectivity index (χ3v) is 3.82. The average Bonchev–Trinajstić information content (AvgIpc) is 2.70. The second kappa shape index (κ2) is 4.54. The van der Waals surface area contributed by atoms with Gasteiger partial charge in [-0.05, 0) is 47.6 Å². The zero-order chi connectivity index (χ0) is 12.5. The molecule has 1 aliphatic carbocycles. The van der Waals surface area contributed by atoms with Crippen molar-refractivity contribution in [2.75, 3.05) is 0 Å². The molecule has 0 aliphatic heterocycles. The Labute approximate surface area is 106 Å². The van der Waals surface area contributed by atoms with Gasteiger partial charge in [-0.25, -0.2) is 4.39 Å². The molecule has 3 rings (SSSR count). The summed E-state index contributed by atoms with van der Waals surface area (Å²) < 4.78 is 12.9. The van der Waals surface area contributed by atoms with Gasteiger partial charge in [-0.2, -0.15) is 0 Å². The molecule has 1 nitrogen and oxygen atoms in total. The summed E-state index contributed by atoms with van der Waals surface area (Å²) in [5, 5.41) is 0. The normalized spacial score (nSPS) is 21.9. The molecule has 0 fully saturated rings. The Bertz CT molecular complexity index is 547. The maximum atomic E-state index is 12.9. The summed E-state index contributed by atoms with van der Waals surface area (Å²) in [6.45, 7) is 0. The molecular weight excluding hydrogens is 225 g/mol. The van der Waals surface area contributed by atoms with Crippen LogP contribution >= 0.6 is 0 Å². The smallest absolute Gasteiger partial charge is 0.123 e. The molecule has 0 saturated carbocycles. The largest absolute Gasteiger partial charge is 0.324 e. The fourth-order valence-electron chi connectivity index (χ4n) is 2.83. The average molecular weight is 241 g/mol. The molecule has 0 spiro atoms. The summed E-state index contributed by atoms with van der Waals surface area (Å²) in [4.78, 5) is 0. The maximum Gasteiger partial charge on any atom is 0.123 e. The van der Waals surface area contributed by atoms with E-state index in [4.69, 9.17) is 5.73 Å². The third kappa shape index (κ3) is 2.04. The third-order valence-electron chi connectivity index (χ3n) is 3.82. The zero-order valence-electron chi connectivity index (χ0n) is 10.1. The van der Waals surface area contributed by atoms with Crippen LogP contribution < -0.4 is 5.73 Å². The molecule has 0 radical (unpaired) electrons. The molecule has 1 aliphatic rings. The molecule has 92 valence electrons. The summed E-state index contributed by atoms with van der Waals surface area (Å²) in [6.07, 6.45) is 1.94. The van der Waals surface area contributed by atoms with Crippen LogP contribution in [0, 0.1) is 11.7 Å². The van der Waals surface area contributed by atoms with E-state index >= 15 is 0 Å². The van der Waals surface area contributed by atoms with Crippen LogP contribution in [0.4, 0.5) is 4.39 Å². The summed E-state index contributed by atoms with van der Waals surface area (Å²) in [5.41, 5.74) is 10.1. The molecule has 0 amide bonds. The predicted octanol–water partition coefficient (Wildman–Crippen LogP) is 3.24. The van der Waals surface area contributed by atoms with Gasteiger partial charge in [-0.3, -0.25) is 0 Å². The Hall–Kier alpha value is -1.67. The van der Waals surface area contributed by atoms with Crippen LogP contribution in [0.2, 0.25) is 0 Å². The first kappa shape index (κ1) is 11.4. The van der Waals surface area contributed by atoms with Crippen LogP contribution in [0.5, 0.6) is 0 Å². The monoisotopic (exact) mass is 241 g/mol. The number of hydrogen-bond acceptors (Lipinski definition) is 1. The molecule has 0 aromatic heterocycles. The first-order chi connectivity index (χ1) is 8.74. The molecule has 0 bridgehead atoms. The van der Waals surface area contributed by atoms with Crippen molar-refractivity contribution in [1.29, 1.82) is 0 Å². The van der Waals surface area contributed by atoms with Gasteiger partial charge in [0.15, 0.2) is 0 Å². The Morgan fingerprint density at radius 1 is 1.06 bits per heavy atom. The van der Waals surface area contributed by atoms with E-state index in [1.807, 2.05) is 18.2 Å². The number of fused-ring (bicyclic) bond motifs is 1. The summed E-state index contributed by atoms with van der Waals surface area (Å²) >= 11 is 0. The zero-order valence-corrected chi connectivity index (χ0v) is 10.1. The van der Waals surface area contributed by atoms with Gasteiger partial charge in [0, 0.05) is 6.04 Å². The van der Waals surface area contributed by atoms with E-state index in [9.17, 15) is 4.39 Å². The van der Waals surface area contributed by atoms with Gasteiger partial charge in [-0.15, -0.1) is 0 Å². The Morgan fingerprint density at radius 3 is 2.50 bits per heavy atom. The van der Waals surface area contributed by atoms with E-state index in [0.717, 1.165) is 18.4 Å². The summed E-state index contributed by atoms with van der Waals surface area (Å²) in [6, 6.07) is 15.2. The van der Waals surface area contributed by atoms with Crippen molar-refractivity contribution in [3.05, 3.63) is 71.0 Å². The molecule has 2 aromatic carbocycles. The number of halogens is 1. The van der Waals surface area contributed by atoms with Crippen LogP contribution in [-0.2, 0) is 12.8 Å². The standard InChI is InChI=1S/C16H16FN/c17-14-7-5-11(6-8-14)9-13-10-12-3-1-2-4-15(12)16(13)18/h1-8,13,16H,9-10,18H2. The topological polar surface area (TPSA) is 26.0 Å². The van der Waals surface area contributed by atoms with Crippen LogP contribution in [0.3, 0.4) is 0 Å². The lowest BCUT2D eigenvalue weighted by Gasteiger charge is -2.16. The first-order valence-corrected chi connectivity index (χ1v) is 6.32. The van der Waals surface area contributed by atoms with Crippen molar-refractivity contribution in [3.8, 4) is 0 Å². The maximum absolute atomic E-state index is 12.9. The lowest BCUT2D eigenvalue weighted by atomic mass is 9.93. The van der Waals surface area contributed by atoms with Crippen LogP contribution in [-0.4, -0.2) is 0 Å². The molecule has 0 saturated heterocycles. The van der Waals surface area contributed by atoms with Gasteiger partial charge in [0.25, 0.3) is 0 Å². The van der Waals surface area contributed by atoms with Crippen LogP contribution in [0.25, 0.3) is 0 Å². The minimum Gasteiger partial charge on any atom is -0.324 e. The SMILES string of the molecule is NC1c2ccccc2CC1Cc1ccc(F)cc1. The van der Waals surface area contributed by atoms with E-state index in [1.165, 1.54) is 23.3 Å². The van der Waals surface area contributed by atoms with Gasteiger partial charge >= 0.3 is 0 Å². The quantitative estimate of drug-likeness (QED) is 0.858. The van der Waals surface area contributed by atoms with E-state index in [2.05, 4.69) is 18.2 Å². The summed E-state index contributed by atoms with van der Waals surface area (Å²) in [7, 11) is 0. The molecule has 2 N–H and O–H groups in total. The number of nitrogens with two attached hydrogens (primary N) is 1. The molecule has 2 heteroatoms. The second-order valence-electron chi connectivity index (χ2n) is 5.02. The van der Waals surface area contributed by atoms with Crippen molar-refractivity contribution in [2.24, 2.45) is 11.7 Å². The lowest BCUT2D eigenvalue weighted by Crippen LogP contribution is -2.18. The van der Waals surface area contributed by atoms with Gasteiger partial charge in [0.2, 0.25) is 0 Å². The van der Waals surface area contributed by atoms with Crippen LogP contribution in [0.1, 0.15) is 22.7 Å². The molecule has 2 aromatic rings. The van der Waals surface area contributed by atoms with Crippen molar-refractivity contribution in [2.45, 2.75) is 18.9 Å². The fraction of sp³-hybridized carbons (Fsp3) is 0.250. The highest BCUT2D eigenvalue weighted by atomic mass is 19.1. The minimum absolute atomic E-state index is 0.103. The van der Waals surface area contributed by atoms with E-state index in [-0.39, 0.29) is 11.9 Å². The van der Waals surface area contributed by atoms with Crippen molar-refractivity contribution < 1.29 is 4.39 Å². The summed E-state index contributed by atoms with van der Waals surface area (Å²) in [5.74, 6) is 0.241. The number of hydrogen-bond donors (Lipinski definition) is 1. The molecule has 0 heterocycles. The lowest BCUT2D eigenvalue weighted by molar-refractivity contribution is 0.464. The van der Waals surface area contributed by atoms with Gasteiger partial charge in [-0.1, -0.05) is 36.4 Å². The van der Waals surface area contributed by atoms with Gasteiger partial charge in [0.05, 0.1) is 0 Å². The Balaban J connectivity index is 1.78. The predicted molar refractivity (Wildman–Crippen MR) is 70.7 cm³/mol. The first-order valence-electron chi connectivity index (χ1n) is 6.32. The highest BCUT2D eigenvalue weighted by molar-refractivity contribution is 5.36. The second-order valence-corrected chi connectivity index (χ2v) is 5.02. The number of rotatable bonds is 2. The van der Waals surface area contributed by atoms with Crippen molar-refractivity contribution >= 4 is 0 Å². The van der Waals surface area contributed by atoms with Crippen molar-refractivity contribution in [3.63, 3.8) is 0 Å². The Kier molecular flexibility index (Phi) is 2.88. The fourth-order valence-corrected chi connectivity index (χ4v) is 2.83.